The van der Waals surface area contributed by atoms with Crippen molar-refractivity contribution in [3.05, 3.63) is 63.5 Å². The lowest BCUT2D eigenvalue weighted by Crippen LogP contribution is -2.28. The van der Waals surface area contributed by atoms with Gasteiger partial charge in [-0.1, -0.05) is 12.1 Å². The molecule has 0 bridgehead atoms. The number of carbonyl (C=O) groups excluding carboxylic acids is 2. The molecule has 0 aliphatic carbocycles. The molecule has 0 radical (unpaired) electrons. The van der Waals surface area contributed by atoms with Gasteiger partial charge in [-0.2, -0.15) is 0 Å². The van der Waals surface area contributed by atoms with Gasteiger partial charge in [-0.15, -0.1) is 11.3 Å². The van der Waals surface area contributed by atoms with E-state index in [1.807, 2.05) is 34.5 Å². The molecule has 29 heavy (non-hydrogen) atoms. The van der Waals surface area contributed by atoms with Gasteiger partial charge in [-0.05, 0) is 42.0 Å². The maximum atomic E-state index is 12.4. The van der Waals surface area contributed by atoms with E-state index in [1.54, 1.807) is 6.07 Å². The fraction of sp³-hybridized carbons (Fsp3) is 0.333. The van der Waals surface area contributed by atoms with Crippen LogP contribution in [0.3, 0.4) is 0 Å². The fourth-order valence-electron chi connectivity index (χ4n) is 3.43. The van der Waals surface area contributed by atoms with Crippen molar-refractivity contribution in [3.63, 3.8) is 0 Å². The van der Waals surface area contributed by atoms with Crippen LogP contribution in [0, 0.1) is 0 Å². The van der Waals surface area contributed by atoms with E-state index in [2.05, 4.69) is 10.3 Å². The lowest BCUT2D eigenvalue weighted by molar-refractivity contribution is -0.121. The third kappa shape index (κ3) is 4.37. The number of fused-ring (bicyclic) bond motifs is 1. The van der Waals surface area contributed by atoms with Crippen LogP contribution in [-0.2, 0) is 17.9 Å². The van der Waals surface area contributed by atoms with Gasteiger partial charge in [0.1, 0.15) is 4.83 Å². The summed E-state index contributed by atoms with van der Waals surface area (Å²) in [5, 5.41) is 5.27. The average molecular weight is 410 g/mol. The minimum atomic E-state index is -0.139. The van der Waals surface area contributed by atoms with E-state index in [0.29, 0.717) is 22.3 Å². The first-order chi connectivity index (χ1) is 14.1. The van der Waals surface area contributed by atoms with Gasteiger partial charge in [0.05, 0.1) is 11.7 Å². The summed E-state index contributed by atoms with van der Waals surface area (Å²) in [5.74, 6) is -0.0701. The number of rotatable bonds is 6. The molecule has 1 saturated heterocycles. The number of aromatic nitrogens is 2. The Morgan fingerprint density at radius 3 is 2.62 bits per heavy atom. The standard InChI is InChI=1S/C21H22N4O3S/c26-18(7-11-25-14-23-19-17(21(25)28)8-12-29-19)22-13-15-3-5-16(6-4-15)20(27)24-9-1-2-10-24/h3-6,8,12,14H,1-2,7,9-11,13H2,(H,22,26). The van der Waals surface area contributed by atoms with Crippen molar-refractivity contribution in [1.29, 1.82) is 0 Å². The first kappa shape index (κ1) is 19.3. The molecule has 1 fully saturated rings. The first-order valence-corrected chi connectivity index (χ1v) is 10.6. The molecule has 1 aromatic carbocycles. The topological polar surface area (TPSA) is 84.3 Å². The molecule has 0 saturated carbocycles. The number of amides is 2. The summed E-state index contributed by atoms with van der Waals surface area (Å²) in [4.78, 5) is 43.7. The molecule has 0 atom stereocenters. The maximum absolute atomic E-state index is 12.4. The molecule has 8 heteroatoms. The second-order valence-electron chi connectivity index (χ2n) is 7.11. The third-order valence-corrected chi connectivity index (χ3v) is 5.93. The van der Waals surface area contributed by atoms with Gasteiger partial charge in [0, 0.05) is 38.2 Å². The number of hydrogen-bond acceptors (Lipinski definition) is 5. The zero-order valence-corrected chi connectivity index (χ0v) is 16.8. The van der Waals surface area contributed by atoms with Crippen LogP contribution in [-0.4, -0.2) is 39.4 Å². The van der Waals surface area contributed by atoms with E-state index in [4.69, 9.17) is 0 Å². The number of likely N-dealkylation sites (tertiary alicyclic amines) is 1. The highest BCUT2D eigenvalue weighted by Crippen LogP contribution is 2.14. The Balaban J connectivity index is 1.28. The predicted molar refractivity (Wildman–Crippen MR) is 112 cm³/mol. The largest absolute Gasteiger partial charge is 0.352 e. The Morgan fingerprint density at radius 2 is 1.86 bits per heavy atom. The molecule has 7 nitrogen and oxygen atoms in total. The predicted octanol–water partition coefficient (Wildman–Crippen LogP) is 2.40. The van der Waals surface area contributed by atoms with E-state index in [-0.39, 0.29) is 30.3 Å². The fourth-order valence-corrected chi connectivity index (χ4v) is 4.15. The van der Waals surface area contributed by atoms with E-state index in [9.17, 15) is 14.4 Å². The number of benzene rings is 1. The van der Waals surface area contributed by atoms with Crippen molar-refractivity contribution in [2.24, 2.45) is 0 Å². The average Bonchev–Trinajstić information content (AvgIpc) is 3.44. The van der Waals surface area contributed by atoms with Crippen LogP contribution in [0.15, 0.2) is 46.8 Å². The highest BCUT2D eigenvalue weighted by Gasteiger charge is 2.19. The van der Waals surface area contributed by atoms with Crippen LogP contribution in [0.2, 0.25) is 0 Å². The lowest BCUT2D eigenvalue weighted by Gasteiger charge is -2.15. The Labute approximate surface area is 172 Å². The van der Waals surface area contributed by atoms with E-state index in [1.165, 1.54) is 22.2 Å². The van der Waals surface area contributed by atoms with Crippen molar-refractivity contribution in [1.82, 2.24) is 19.8 Å². The second-order valence-corrected chi connectivity index (χ2v) is 8.00. The molecule has 1 N–H and O–H groups in total. The van der Waals surface area contributed by atoms with Gasteiger partial charge in [0.25, 0.3) is 11.5 Å². The second kappa shape index (κ2) is 8.57. The first-order valence-electron chi connectivity index (χ1n) is 9.69. The van der Waals surface area contributed by atoms with Crippen molar-refractivity contribution < 1.29 is 9.59 Å². The van der Waals surface area contributed by atoms with Crippen molar-refractivity contribution in [2.45, 2.75) is 32.4 Å². The SMILES string of the molecule is O=C(CCn1cnc2sccc2c1=O)NCc1ccc(C(=O)N2CCCC2)cc1. The molecule has 0 unspecified atom stereocenters. The molecule has 2 amide bonds. The number of hydrogen-bond donors (Lipinski definition) is 1. The lowest BCUT2D eigenvalue weighted by atomic mass is 10.1. The molecule has 3 aromatic rings. The molecule has 1 aliphatic rings. The smallest absolute Gasteiger partial charge is 0.262 e. The zero-order chi connectivity index (χ0) is 20.2. The van der Waals surface area contributed by atoms with Crippen LogP contribution in [0.5, 0.6) is 0 Å². The summed E-state index contributed by atoms with van der Waals surface area (Å²) in [6, 6.07) is 9.10. The third-order valence-electron chi connectivity index (χ3n) is 5.11. The number of aryl methyl sites for hydroxylation is 1. The Bertz CT molecular complexity index is 1080. The molecule has 3 heterocycles. The van der Waals surface area contributed by atoms with E-state index < -0.39 is 0 Å². The number of nitrogens with one attached hydrogen (secondary N) is 1. The molecular weight excluding hydrogens is 388 g/mol. The monoisotopic (exact) mass is 410 g/mol. The summed E-state index contributed by atoms with van der Waals surface area (Å²) in [6.07, 6.45) is 3.83. The zero-order valence-electron chi connectivity index (χ0n) is 16.0. The van der Waals surface area contributed by atoms with Gasteiger partial charge in [0.2, 0.25) is 5.91 Å². The minimum absolute atomic E-state index is 0.0692. The molecular formula is C21H22N4O3S. The molecule has 1 aliphatic heterocycles. The van der Waals surface area contributed by atoms with Crippen LogP contribution >= 0.6 is 11.3 Å². The molecule has 4 rings (SSSR count). The van der Waals surface area contributed by atoms with E-state index >= 15 is 0 Å². The summed E-state index contributed by atoms with van der Waals surface area (Å²) in [7, 11) is 0. The molecule has 0 spiro atoms. The van der Waals surface area contributed by atoms with Gasteiger partial charge in [0.15, 0.2) is 0 Å². The summed E-state index contributed by atoms with van der Waals surface area (Å²) >= 11 is 1.42. The van der Waals surface area contributed by atoms with Gasteiger partial charge in [-0.3, -0.25) is 19.0 Å². The maximum Gasteiger partial charge on any atom is 0.262 e. The van der Waals surface area contributed by atoms with Crippen LogP contribution in [0.4, 0.5) is 0 Å². The normalized spacial score (nSPS) is 13.7. The Kier molecular flexibility index (Phi) is 5.71. The number of carbonyl (C=O) groups is 2. The van der Waals surface area contributed by atoms with Crippen LogP contribution < -0.4 is 10.9 Å². The van der Waals surface area contributed by atoms with Crippen molar-refractivity contribution in [2.75, 3.05) is 13.1 Å². The summed E-state index contributed by atoms with van der Waals surface area (Å²) in [5.41, 5.74) is 1.48. The van der Waals surface area contributed by atoms with Gasteiger partial charge < -0.3 is 10.2 Å². The minimum Gasteiger partial charge on any atom is -0.352 e. The Hall–Kier alpha value is -3.00. The molecule has 2 aromatic heterocycles. The number of thiophene rings is 1. The van der Waals surface area contributed by atoms with E-state index in [0.717, 1.165) is 31.5 Å². The summed E-state index contributed by atoms with van der Waals surface area (Å²) < 4.78 is 1.47. The van der Waals surface area contributed by atoms with Gasteiger partial charge in [-0.25, -0.2) is 4.98 Å². The Morgan fingerprint density at radius 1 is 1.10 bits per heavy atom. The summed E-state index contributed by atoms with van der Waals surface area (Å²) in [6.45, 7) is 2.32. The van der Waals surface area contributed by atoms with Gasteiger partial charge >= 0.3 is 0 Å². The quantitative estimate of drug-likeness (QED) is 0.676. The highest BCUT2D eigenvalue weighted by atomic mass is 32.1. The van der Waals surface area contributed by atoms with Crippen LogP contribution in [0.1, 0.15) is 35.2 Å². The number of nitrogens with zero attached hydrogens (tertiary/aromatic N) is 3. The highest BCUT2D eigenvalue weighted by molar-refractivity contribution is 7.16. The molecule has 150 valence electrons. The van der Waals surface area contributed by atoms with Crippen molar-refractivity contribution in [3.8, 4) is 0 Å². The van der Waals surface area contributed by atoms with Crippen LogP contribution in [0.25, 0.3) is 10.2 Å². The van der Waals surface area contributed by atoms with Crippen molar-refractivity contribution >= 4 is 33.4 Å².